The van der Waals surface area contributed by atoms with Gasteiger partial charge < -0.3 is 16.2 Å². The fourth-order valence-corrected chi connectivity index (χ4v) is 1.78. The molecule has 0 unspecified atom stereocenters. The van der Waals surface area contributed by atoms with Gasteiger partial charge in [-0.15, -0.1) is 5.10 Å². The smallest absolute Gasteiger partial charge is 0.294 e. The SMILES string of the molecule is Cn1cc[n+](C)c1COc1ccc(/C=N/N=C(N)N)cc1. The lowest BCUT2D eigenvalue weighted by Crippen LogP contribution is -2.32. The van der Waals surface area contributed by atoms with Crippen molar-refractivity contribution in [3.8, 4) is 5.75 Å². The van der Waals surface area contributed by atoms with Crippen LogP contribution in [-0.4, -0.2) is 16.7 Å². The van der Waals surface area contributed by atoms with E-state index in [0.29, 0.717) is 6.61 Å². The Bertz CT molecular complexity index is 633. The first-order chi connectivity index (χ1) is 10.1. The molecule has 0 aliphatic carbocycles. The maximum atomic E-state index is 5.76. The van der Waals surface area contributed by atoms with E-state index < -0.39 is 0 Å². The minimum Gasteiger partial charge on any atom is -0.481 e. The third-order valence-corrected chi connectivity index (χ3v) is 2.96. The van der Waals surface area contributed by atoms with Crippen molar-refractivity contribution in [3.05, 3.63) is 48.0 Å². The summed E-state index contributed by atoms with van der Waals surface area (Å²) >= 11 is 0. The molecule has 1 aromatic heterocycles. The maximum Gasteiger partial charge on any atom is 0.294 e. The van der Waals surface area contributed by atoms with Crippen LogP contribution in [0.3, 0.4) is 0 Å². The van der Waals surface area contributed by atoms with Gasteiger partial charge in [-0.2, -0.15) is 5.10 Å². The first-order valence-electron chi connectivity index (χ1n) is 6.41. The molecule has 0 bridgehead atoms. The summed E-state index contributed by atoms with van der Waals surface area (Å²) in [6, 6.07) is 7.51. The Balaban J connectivity index is 1.97. The minimum atomic E-state index is -0.0679. The summed E-state index contributed by atoms with van der Waals surface area (Å²) in [5.41, 5.74) is 11.2. The summed E-state index contributed by atoms with van der Waals surface area (Å²) in [6.45, 7) is 0.501. The standard InChI is InChI=1S/C14H19N6O/c1-19-7-8-20(2)13(19)10-21-12-5-3-11(4-6-12)9-17-18-14(15)16/h3-9H,10H2,1-2H3,(H4,15,16,18)/q+1/b17-9+. The number of nitrogens with two attached hydrogens (primary N) is 2. The van der Waals surface area contributed by atoms with Crippen LogP contribution in [-0.2, 0) is 20.7 Å². The van der Waals surface area contributed by atoms with Crippen LogP contribution >= 0.6 is 0 Å². The Hall–Kier alpha value is -2.83. The average molecular weight is 287 g/mol. The summed E-state index contributed by atoms with van der Waals surface area (Å²) in [4.78, 5) is 0. The van der Waals surface area contributed by atoms with E-state index in [9.17, 15) is 0 Å². The van der Waals surface area contributed by atoms with Gasteiger partial charge >= 0.3 is 0 Å². The molecule has 0 amide bonds. The number of aryl methyl sites for hydroxylation is 2. The van der Waals surface area contributed by atoms with E-state index in [0.717, 1.165) is 17.1 Å². The van der Waals surface area contributed by atoms with Gasteiger partial charge in [-0.3, -0.25) is 0 Å². The molecule has 0 spiro atoms. The second-order valence-corrected chi connectivity index (χ2v) is 4.56. The Morgan fingerprint density at radius 3 is 2.62 bits per heavy atom. The number of hydrogen-bond donors (Lipinski definition) is 2. The Morgan fingerprint density at radius 2 is 2.05 bits per heavy atom. The minimum absolute atomic E-state index is 0.0679. The van der Waals surface area contributed by atoms with Gasteiger partial charge in [-0.25, -0.2) is 9.13 Å². The van der Waals surface area contributed by atoms with E-state index >= 15 is 0 Å². The van der Waals surface area contributed by atoms with Gasteiger partial charge in [0.1, 0.15) is 18.1 Å². The van der Waals surface area contributed by atoms with Crippen LogP contribution in [0, 0.1) is 0 Å². The molecule has 4 N–H and O–H groups in total. The van der Waals surface area contributed by atoms with Gasteiger partial charge in [-0.1, -0.05) is 0 Å². The highest BCUT2D eigenvalue weighted by Crippen LogP contribution is 2.12. The molecule has 0 saturated carbocycles. The summed E-state index contributed by atoms with van der Waals surface area (Å²) < 4.78 is 9.80. The maximum absolute atomic E-state index is 5.76. The number of rotatable bonds is 5. The summed E-state index contributed by atoms with van der Waals surface area (Å²) in [5, 5.41) is 7.28. The molecule has 1 aromatic carbocycles. The van der Waals surface area contributed by atoms with Crippen molar-refractivity contribution in [2.75, 3.05) is 0 Å². The van der Waals surface area contributed by atoms with Crippen LogP contribution in [0.25, 0.3) is 0 Å². The molecule has 2 rings (SSSR count). The van der Waals surface area contributed by atoms with Crippen molar-refractivity contribution in [3.63, 3.8) is 0 Å². The molecule has 0 fully saturated rings. The third kappa shape index (κ3) is 4.07. The van der Waals surface area contributed by atoms with Crippen molar-refractivity contribution in [1.29, 1.82) is 0 Å². The summed E-state index contributed by atoms with van der Waals surface area (Å²) in [5.74, 6) is 1.80. The lowest BCUT2D eigenvalue weighted by molar-refractivity contribution is -0.680. The van der Waals surface area contributed by atoms with Crippen LogP contribution in [0.4, 0.5) is 0 Å². The number of aromatic nitrogens is 2. The van der Waals surface area contributed by atoms with E-state index in [4.69, 9.17) is 16.2 Å². The van der Waals surface area contributed by atoms with Crippen LogP contribution < -0.4 is 20.8 Å². The van der Waals surface area contributed by atoms with Gasteiger partial charge in [0.25, 0.3) is 5.82 Å². The largest absolute Gasteiger partial charge is 0.481 e. The molecule has 0 aliphatic heterocycles. The predicted octanol–water partition coefficient (Wildman–Crippen LogP) is 0.0359. The number of imidazole rings is 1. The highest BCUT2D eigenvalue weighted by atomic mass is 16.5. The zero-order valence-electron chi connectivity index (χ0n) is 12.1. The first kappa shape index (κ1) is 14.6. The van der Waals surface area contributed by atoms with Crippen molar-refractivity contribution in [2.45, 2.75) is 6.61 Å². The van der Waals surface area contributed by atoms with Crippen LogP contribution in [0.15, 0.2) is 46.9 Å². The van der Waals surface area contributed by atoms with E-state index in [1.54, 1.807) is 6.21 Å². The average Bonchev–Trinajstić information content (AvgIpc) is 2.77. The van der Waals surface area contributed by atoms with Gasteiger partial charge in [0.2, 0.25) is 5.96 Å². The van der Waals surface area contributed by atoms with E-state index in [1.807, 2.05) is 59.9 Å². The summed E-state index contributed by atoms with van der Waals surface area (Å²) in [7, 11) is 3.98. The number of nitrogens with zero attached hydrogens (tertiary/aromatic N) is 4. The molecule has 1 heterocycles. The molecule has 2 aromatic rings. The topological polar surface area (TPSA) is 94.8 Å². The second-order valence-electron chi connectivity index (χ2n) is 4.56. The Labute approximate surface area is 123 Å². The molecular weight excluding hydrogens is 268 g/mol. The molecular formula is C14H19N6O+. The van der Waals surface area contributed by atoms with E-state index in [1.165, 1.54) is 0 Å². The van der Waals surface area contributed by atoms with Gasteiger partial charge in [-0.05, 0) is 29.8 Å². The number of hydrogen-bond acceptors (Lipinski definition) is 3. The quantitative estimate of drug-likeness (QED) is 0.352. The zero-order chi connectivity index (χ0) is 15.2. The molecule has 0 radical (unpaired) electrons. The highest BCUT2D eigenvalue weighted by Gasteiger charge is 2.11. The number of benzene rings is 1. The van der Waals surface area contributed by atoms with Crippen molar-refractivity contribution < 1.29 is 9.30 Å². The third-order valence-electron chi connectivity index (χ3n) is 2.96. The second kappa shape index (κ2) is 6.56. The monoisotopic (exact) mass is 287 g/mol. The van der Waals surface area contributed by atoms with E-state index in [-0.39, 0.29) is 5.96 Å². The lowest BCUT2D eigenvalue weighted by Gasteiger charge is -2.04. The zero-order valence-corrected chi connectivity index (χ0v) is 12.1. The molecule has 7 heteroatoms. The van der Waals surface area contributed by atoms with Crippen molar-refractivity contribution in [1.82, 2.24) is 4.57 Å². The Kier molecular flexibility index (Phi) is 4.55. The molecule has 7 nitrogen and oxygen atoms in total. The molecule has 110 valence electrons. The van der Waals surface area contributed by atoms with Crippen LogP contribution in [0.2, 0.25) is 0 Å². The molecule has 21 heavy (non-hydrogen) atoms. The summed E-state index contributed by atoms with van der Waals surface area (Å²) in [6.07, 6.45) is 5.55. The fourth-order valence-electron chi connectivity index (χ4n) is 1.78. The molecule has 0 aliphatic rings. The fraction of sp³-hybridized carbons (Fsp3) is 0.214. The molecule has 0 saturated heterocycles. The highest BCUT2D eigenvalue weighted by molar-refractivity contribution is 5.81. The first-order valence-corrected chi connectivity index (χ1v) is 6.41. The van der Waals surface area contributed by atoms with Crippen LogP contribution in [0.1, 0.15) is 11.4 Å². The van der Waals surface area contributed by atoms with Gasteiger partial charge in [0.15, 0.2) is 6.61 Å². The van der Waals surface area contributed by atoms with E-state index in [2.05, 4.69) is 10.2 Å². The normalized spacial score (nSPS) is 10.8. The lowest BCUT2D eigenvalue weighted by atomic mass is 10.2. The molecule has 0 atom stereocenters. The Morgan fingerprint density at radius 1 is 1.33 bits per heavy atom. The number of guanidine groups is 1. The van der Waals surface area contributed by atoms with Gasteiger partial charge in [0, 0.05) is 0 Å². The predicted molar refractivity (Wildman–Crippen MR) is 80.8 cm³/mol. The number of ether oxygens (including phenoxy) is 1. The van der Waals surface area contributed by atoms with Gasteiger partial charge in [0.05, 0.1) is 20.3 Å². The van der Waals surface area contributed by atoms with Crippen molar-refractivity contribution in [2.24, 2.45) is 35.8 Å². The van der Waals surface area contributed by atoms with Crippen molar-refractivity contribution >= 4 is 12.2 Å². The van der Waals surface area contributed by atoms with Crippen LogP contribution in [0.5, 0.6) is 5.75 Å².